The first-order valence-electron chi connectivity index (χ1n) is 17.3. The average molecular weight is 777 g/mol. The Bertz CT molecular complexity index is 2420. The van der Waals surface area contributed by atoms with Crippen LogP contribution in [-0.2, 0) is 9.59 Å². The van der Waals surface area contributed by atoms with Crippen LogP contribution in [0.5, 0.6) is 0 Å². The third-order valence-corrected chi connectivity index (χ3v) is 10.7. The van der Waals surface area contributed by atoms with Gasteiger partial charge in [0.1, 0.15) is 10.9 Å². The summed E-state index contributed by atoms with van der Waals surface area (Å²) < 4.78 is 0. The molecule has 270 valence electrons. The summed E-state index contributed by atoms with van der Waals surface area (Å²) in [5.74, 6) is -1.11. The molecule has 0 fully saturated rings. The molecular weight excluding hydrogens is 744 g/mol. The van der Waals surface area contributed by atoms with Gasteiger partial charge in [0, 0.05) is 32.1 Å². The minimum Gasteiger partial charge on any atom is -0.321 e. The normalized spacial score (nSPS) is 11.7. The maximum Gasteiger partial charge on any atom is 0.272 e. The number of aromatic nitrogens is 1. The molecule has 3 N–H and O–H groups in total. The fourth-order valence-electron chi connectivity index (χ4n) is 5.62. The van der Waals surface area contributed by atoms with Crippen LogP contribution in [0.25, 0.3) is 28.5 Å². The van der Waals surface area contributed by atoms with Gasteiger partial charge in [0.2, 0.25) is 5.91 Å². The van der Waals surface area contributed by atoms with Crippen molar-refractivity contribution in [3.8, 4) is 22.4 Å². The van der Waals surface area contributed by atoms with Crippen LogP contribution < -0.4 is 16.0 Å². The second-order valence-electron chi connectivity index (χ2n) is 12.3. The first-order valence-corrected chi connectivity index (χ1v) is 19.4. The van der Waals surface area contributed by atoms with E-state index in [1.807, 2.05) is 121 Å². The van der Waals surface area contributed by atoms with Crippen LogP contribution in [0.3, 0.4) is 0 Å². The number of thiazole rings is 1. The summed E-state index contributed by atoms with van der Waals surface area (Å²) in [7, 11) is 0. The van der Waals surface area contributed by atoms with Crippen molar-refractivity contribution >= 4 is 69.3 Å². The van der Waals surface area contributed by atoms with Crippen LogP contribution in [0.15, 0.2) is 180 Å². The Kier molecular flexibility index (Phi) is 11.9. The monoisotopic (exact) mass is 776 g/mol. The molecule has 1 atom stereocenters. The molecule has 1 heterocycles. The fourth-order valence-corrected chi connectivity index (χ4v) is 7.49. The van der Waals surface area contributed by atoms with Crippen molar-refractivity contribution in [3.05, 3.63) is 197 Å². The van der Waals surface area contributed by atoms with E-state index >= 15 is 0 Å². The highest BCUT2D eigenvalue weighted by Crippen LogP contribution is 2.37. The molecule has 0 spiro atoms. The maximum absolute atomic E-state index is 13.7. The smallest absolute Gasteiger partial charge is 0.272 e. The molecule has 6 aromatic carbocycles. The molecule has 0 saturated heterocycles. The van der Waals surface area contributed by atoms with Crippen LogP contribution in [0.4, 0.5) is 10.8 Å². The molecule has 1 unspecified atom stereocenters. The van der Waals surface area contributed by atoms with Crippen molar-refractivity contribution in [1.29, 1.82) is 0 Å². The van der Waals surface area contributed by atoms with E-state index in [2.05, 4.69) is 20.9 Å². The Balaban J connectivity index is 1.07. The number of nitrogens with one attached hydrogen (secondary N) is 3. The molecule has 55 heavy (non-hydrogen) atoms. The zero-order chi connectivity index (χ0) is 38.0. The molecule has 0 aliphatic heterocycles. The molecule has 3 amide bonds. The summed E-state index contributed by atoms with van der Waals surface area (Å²) in [4.78, 5) is 46.1. The van der Waals surface area contributed by atoms with E-state index in [0.717, 1.165) is 38.4 Å². The molecule has 0 radical (unpaired) electrons. The molecule has 10 heteroatoms. The van der Waals surface area contributed by atoms with Crippen molar-refractivity contribution in [2.75, 3.05) is 10.6 Å². The van der Waals surface area contributed by atoms with Gasteiger partial charge in [0.15, 0.2) is 5.13 Å². The van der Waals surface area contributed by atoms with Crippen molar-refractivity contribution in [3.63, 3.8) is 0 Å². The lowest BCUT2D eigenvalue weighted by molar-refractivity contribution is -0.116. The Morgan fingerprint density at radius 3 is 1.93 bits per heavy atom. The number of nitrogens with zero attached hydrogens (tertiary/aromatic N) is 1. The van der Waals surface area contributed by atoms with E-state index in [1.165, 1.54) is 23.1 Å². The van der Waals surface area contributed by atoms with Crippen LogP contribution in [0.2, 0.25) is 5.02 Å². The Labute approximate surface area is 332 Å². The van der Waals surface area contributed by atoms with Crippen LogP contribution in [0, 0.1) is 0 Å². The molecule has 0 saturated carbocycles. The lowest BCUT2D eigenvalue weighted by Crippen LogP contribution is -2.30. The van der Waals surface area contributed by atoms with Gasteiger partial charge in [0.05, 0.1) is 5.69 Å². The largest absolute Gasteiger partial charge is 0.321 e. The molecule has 1 aromatic heterocycles. The Hall–Kier alpha value is -6.26. The van der Waals surface area contributed by atoms with Gasteiger partial charge in [-0.15, -0.1) is 23.1 Å². The molecular formula is C45H33ClN4O3S2. The fraction of sp³-hybridized carbons (Fsp3) is 0.0222. The molecule has 7 nitrogen and oxygen atoms in total. The van der Waals surface area contributed by atoms with E-state index in [-0.39, 0.29) is 11.6 Å². The SMILES string of the molecule is O=C(Nc1ccc(SC(C(=O)Nc2nc(-c3ccc(Cl)cc3)cs2)c2ccccc2)cc1)/C(=C/c1ccc(-c2ccccc2)cc1)NC(=O)c1ccccc1. The van der Waals surface area contributed by atoms with E-state index in [9.17, 15) is 14.4 Å². The van der Waals surface area contributed by atoms with E-state index in [4.69, 9.17) is 11.6 Å². The lowest BCUT2D eigenvalue weighted by Gasteiger charge is -2.17. The topological polar surface area (TPSA) is 100 Å². The summed E-state index contributed by atoms with van der Waals surface area (Å²) in [6, 6.07) is 50.7. The molecule has 7 rings (SSSR count). The Morgan fingerprint density at radius 1 is 0.655 bits per heavy atom. The van der Waals surface area contributed by atoms with Crippen molar-refractivity contribution in [2.45, 2.75) is 10.1 Å². The predicted molar refractivity (Wildman–Crippen MR) is 225 cm³/mol. The van der Waals surface area contributed by atoms with E-state index in [1.54, 1.807) is 54.6 Å². The van der Waals surface area contributed by atoms with Gasteiger partial charge in [-0.1, -0.05) is 127 Å². The number of thioether (sulfide) groups is 1. The summed E-state index contributed by atoms with van der Waals surface area (Å²) in [5.41, 5.74) is 6.37. The third-order valence-electron chi connectivity index (χ3n) is 8.44. The van der Waals surface area contributed by atoms with Gasteiger partial charge in [-0.05, 0) is 76.9 Å². The molecule has 0 bridgehead atoms. The highest BCUT2D eigenvalue weighted by Gasteiger charge is 2.24. The maximum atomic E-state index is 13.7. The lowest BCUT2D eigenvalue weighted by atomic mass is 10.0. The number of halogens is 1. The second kappa shape index (κ2) is 17.7. The minimum atomic E-state index is -0.583. The van der Waals surface area contributed by atoms with Gasteiger partial charge < -0.3 is 16.0 Å². The number of anilines is 2. The number of hydrogen-bond acceptors (Lipinski definition) is 6. The number of carbonyl (C=O) groups is 3. The van der Waals surface area contributed by atoms with Crippen molar-refractivity contribution in [1.82, 2.24) is 10.3 Å². The van der Waals surface area contributed by atoms with Gasteiger partial charge in [-0.3, -0.25) is 14.4 Å². The number of benzene rings is 6. The second-order valence-corrected chi connectivity index (χ2v) is 14.8. The zero-order valence-electron chi connectivity index (χ0n) is 29.2. The molecule has 7 aromatic rings. The number of hydrogen-bond donors (Lipinski definition) is 3. The van der Waals surface area contributed by atoms with Gasteiger partial charge in [0.25, 0.3) is 11.8 Å². The minimum absolute atomic E-state index is 0.0852. The third kappa shape index (κ3) is 9.84. The number of amides is 3. The number of rotatable bonds is 12. The van der Waals surface area contributed by atoms with E-state index in [0.29, 0.717) is 21.4 Å². The van der Waals surface area contributed by atoms with Crippen LogP contribution in [0.1, 0.15) is 26.7 Å². The van der Waals surface area contributed by atoms with Crippen molar-refractivity contribution in [2.24, 2.45) is 0 Å². The molecule has 0 aliphatic carbocycles. The molecule has 0 aliphatic rings. The highest BCUT2D eigenvalue weighted by molar-refractivity contribution is 8.00. The highest BCUT2D eigenvalue weighted by atomic mass is 35.5. The first-order chi connectivity index (χ1) is 26.9. The van der Waals surface area contributed by atoms with Gasteiger partial charge in [-0.2, -0.15) is 0 Å². The van der Waals surface area contributed by atoms with Crippen molar-refractivity contribution < 1.29 is 14.4 Å². The zero-order valence-corrected chi connectivity index (χ0v) is 31.6. The summed E-state index contributed by atoms with van der Waals surface area (Å²) in [5, 5.41) is 11.2. The van der Waals surface area contributed by atoms with Gasteiger partial charge >= 0.3 is 0 Å². The summed E-state index contributed by atoms with van der Waals surface area (Å²) in [6.45, 7) is 0. The quantitative estimate of drug-likeness (QED) is 0.0847. The van der Waals surface area contributed by atoms with Gasteiger partial charge in [-0.25, -0.2) is 4.98 Å². The summed E-state index contributed by atoms with van der Waals surface area (Å²) in [6.07, 6.45) is 1.65. The number of carbonyl (C=O) groups excluding carboxylic acids is 3. The van der Waals surface area contributed by atoms with Crippen LogP contribution in [-0.4, -0.2) is 22.7 Å². The Morgan fingerprint density at radius 2 is 1.25 bits per heavy atom. The van der Waals surface area contributed by atoms with E-state index < -0.39 is 17.1 Å². The average Bonchev–Trinajstić information content (AvgIpc) is 3.70. The first kappa shape index (κ1) is 37.1. The standard InChI is InChI=1S/C45H33ClN4O3S2/c46-36-22-20-33(21-23-36)40-29-54-45(49-40)50-44(53)41(34-12-6-2-7-13-34)55-38-26-24-37(25-27-38)47-43(52)39(48-42(51)35-14-8-3-9-15-35)28-30-16-18-32(19-17-30)31-10-4-1-5-11-31/h1-29,41H,(H,47,52)(H,48,51)(H,49,50,53)/b39-28-. The predicted octanol–water partition coefficient (Wildman–Crippen LogP) is 11.0. The summed E-state index contributed by atoms with van der Waals surface area (Å²) >= 11 is 8.78. The van der Waals surface area contributed by atoms with Crippen LogP contribution >= 0.6 is 34.7 Å².